The topological polar surface area (TPSA) is 53.4 Å². The maximum atomic E-state index is 12.1. The number of rotatable bonds is 1. The molecule has 0 aliphatic carbocycles. The fourth-order valence-corrected chi connectivity index (χ4v) is 0.863. The molecule has 0 bridgehead atoms. The minimum Gasteiger partial charge on any atom is -0.423 e. The molecular weight excluding hydrogens is 186 g/mol. The van der Waals surface area contributed by atoms with Crippen molar-refractivity contribution in [1.82, 2.24) is 4.98 Å². The summed E-state index contributed by atoms with van der Waals surface area (Å²) in [7, 11) is -2.16. The van der Waals surface area contributed by atoms with Crippen LogP contribution < -0.4 is 5.46 Å². The van der Waals surface area contributed by atoms with E-state index in [1.807, 2.05) is 0 Å². The Morgan fingerprint density at radius 1 is 1.31 bits per heavy atom. The molecule has 7 heteroatoms. The average Bonchev–Trinajstić information content (AvgIpc) is 2.03. The molecule has 0 aliphatic rings. The third-order valence-corrected chi connectivity index (χ3v) is 1.39. The Labute approximate surface area is 72.0 Å². The average molecular weight is 191 g/mol. The standard InChI is InChI=1S/C6H5BF3NO2/c8-6(9,10)5-4(7(12)13)2-1-3-11-5/h1-3,12-13H. The Morgan fingerprint density at radius 3 is 2.31 bits per heavy atom. The molecule has 0 aliphatic heterocycles. The lowest BCUT2D eigenvalue weighted by atomic mass is 9.79. The third-order valence-electron chi connectivity index (χ3n) is 1.39. The molecule has 1 aromatic rings. The van der Waals surface area contributed by atoms with Crippen LogP contribution in [-0.4, -0.2) is 22.2 Å². The molecule has 0 aromatic carbocycles. The zero-order valence-corrected chi connectivity index (χ0v) is 6.28. The van der Waals surface area contributed by atoms with Gasteiger partial charge in [-0.05, 0) is 6.07 Å². The van der Waals surface area contributed by atoms with E-state index in [1.54, 1.807) is 0 Å². The van der Waals surface area contributed by atoms with Crippen molar-refractivity contribution in [2.24, 2.45) is 0 Å². The third kappa shape index (κ3) is 2.19. The Balaban J connectivity index is 3.20. The SMILES string of the molecule is OB(O)c1cccnc1C(F)(F)F. The van der Waals surface area contributed by atoms with Crippen LogP contribution >= 0.6 is 0 Å². The molecule has 0 atom stereocenters. The van der Waals surface area contributed by atoms with E-state index in [2.05, 4.69) is 4.98 Å². The van der Waals surface area contributed by atoms with Crippen molar-refractivity contribution in [2.45, 2.75) is 6.18 Å². The molecule has 1 rings (SSSR count). The number of pyridine rings is 1. The summed E-state index contributed by atoms with van der Waals surface area (Å²) < 4.78 is 36.4. The maximum absolute atomic E-state index is 12.1. The molecule has 13 heavy (non-hydrogen) atoms. The number of hydrogen-bond acceptors (Lipinski definition) is 3. The normalized spacial score (nSPS) is 11.5. The smallest absolute Gasteiger partial charge is 0.423 e. The van der Waals surface area contributed by atoms with Crippen LogP contribution in [0.15, 0.2) is 18.3 Å². The van der Waals surface area contributed by atoms with E-state index in [1.165, 1.54) is 6.07 Å². The first-order valence-corrected chi connectivity index (χ1v) is 3.31. The summed E-state index contributed by atoms with van der Waals surface area (Å²) in [6.45, 7) is 0. The van der Waals surface area contributed by atoms with Crippen LogP contribution in [0.3, 0.4) is 0 Å². The minimum atomic E-state index is -4.67. The second-order valence-electron chi connectivity index (χ2n) is 2.31. The Kier molecular flexibility index (Phi) is 2.58. The highest BCUT2D eigenvalue weighted by atomic mass is 19.4. The zero-order chi connectivity index (χ0) is 10.1. The van der Waals surface area contributed by atoms with Gasteiger partial charge < -0.3 is 10.0 Å². The van der Waals surface area contributed by atoms with Gasteiger partial charge in [-0.25, -0.2) is 0 Å². The summed E-state index contributed by atoms with van der Waals surface area (Å²) in [5.74, 6) is 0. The first-order chi connectivity index (χ1) is 5.93. The number of nitrogens with zero attached hydrogens (tertiary/aromatic N) is 1. The minimum absolute atomic E-state index is 0.644. The van der Waals surface area contributed by atoms with Gasteiger partial charge in [0.25, 0.3) is 0 Å². The van der Waals surface area contributed by atoms with Gasteiger partial charge in [-0.2, -0.15) is 13.2 Å². The van der Waals surface area contributed by atoms with Crippen LogP contribution in [0.4, 0.5) is 13.2 Å². The molecule has 0 radical (unpaired) electrons. The Bertz CT molecular complexity index is 302. The molecular formula is C6H5BF3NO2. The number of halogens is 3. The van der Waals surface area contributed by atoms with Crippen LogP contribution in [0.5, 0.6) is 0 Å². The summed E-state index contributed by atoms with van der Waals surface area (Å²) in [4.78, 5) is 3.03. The highest BCUT2D eigenvalue weighted by Gasteiger charge is 2.37. The summed E-state index contributed by atoms with van der Waals surface area (Å²) in [5.41, 5.74) is -1.92. The van der Waals surface area contributed by atoms with E-state index < -0.39 is 24.5 Å². The van der Waals surface area contributed by atoms with Crippen LogP contribution in [0, 0.1) is 0 Å². The summed E-state index contributed by atoms with van der Waals surface area (Å²) in [6, 6.07) is 2.16. The second kappa shape index (κ2) is 3.35. The fourth-order valence-electron chi connectivity index (χ4n) is 0.863. The van der Waals surface area contributed by atoms with Crippen LogP contribution in [-0.2, 0) is 6.18 Å². The first-order valence-electron chi connectivity index (χ1n) is 3.31. The molecule has 0 saturated carbocycles. The Morgan fingerprint density at radius 2 is 1.92 bits per heavy atom. The van der Waals surface area contributed by atoms with Gasteiger partial charge in [0, 0.05) is 11.7 Å². The molecule has 1 aromatic heterocycles. The van der Waals surface area contributed by atoms with Gasteiger partial charge in [-0.1, -0.05) is 6.07 Å². The van der Waals surface area contributed by atoms with E-state index in [0.29, 0.717) is 0 Å². The fraction of sp³-hybridized carbons (Fsp3) is 0.167. The van der Waals surface area contributed by atoms with Gasteiger partial charge in [0.05, 0.1) is 0 Å². The van der Waals surface area contributed by atoms with Crippen LogP contribution in [0.1, 0.15) is 5.69 Å². The largest absolute Gasteiger partial charge is 0.490 e. The van der Waals surface area contributed by atoms with E-state index in [4.69, 9.17) is 10.0 Å². The van der Waals surface area contributed by atoms with Crippen LogP contribution in [0.2, 0.25) is 0 Å². The van der Waals surface area contributed by atoms with Gasteiger partial charge in [-0.15, -0.1) is 0 Å². The lowest BCUT2D eigenvalue weighted by molar-refractivity contribution is -0.140. The molecule has 70 valence electrons. The first kappa shape index (κ1) is 10.0. The molecule has 0 unspecified atom stereocenters. The van der Waals surface area contributed by atoms with Crippen molar-refractivity contribution < 1.29 is 23.2 Å². The van der Waals surface area contributed by atoms with E-state index >= 15 is 0 Å². The molecule has 0 saturated heterocycles. The van der Waals surface area contributed by atoms with Gasteiger partial charge in [0.15, 0.2) is 0 Å². The van der Waals surface area contributed by atoms with E-state index in [9.17, 15) is 13.2 Å². The summed E-state index contributed by atoms with van der Waals surface area (Å²) in [6.07, 6.45) is -3.73. The second-order valence-corrected chi connectivity index (χ2v) is 2.31. The predicted octanol–water partition coefficient (Wildman–Crippen LogP) is -0.220. The highest BCUT2D eigenvalue weighted by Crippen LogP contribution is 2.25. The molecule has 3 nitrogen and oxygen atoms in total. The van der Waals surface area contributed by atoms with E-state index in [-0.39, 0.29) is 0 Å². The zero-order valence-electron chi connectivity index (χ0n) is 6.28. The maximum Gasteiger partial charge on any atom is 0.490 e. The number of alkyl halides is 3. The Hall–Kier alpha value is -1.08. The summed E-state index contributed by atoms with van der Waals surface area (Å²) >= 11 is 0. The number of aromatic nitrogens is 1. The predicted molar refractivity (Wildman–Crippen MR) is 39.1 cm³/mol. The van der Waals surface area contributed by atoms with Crippen molar-refractivity contribution in [3.05, 3.63) is 24.0 Å². The molecule has 0 spiro atoms. The van der Waals surface area contributed by atoms with Crippen molar-refractivity contribution in [3.63, 3.8) is 0 Å². The number of hydrogen-bond donors (Lipinski definition) is 2. The van der Waals surface area contributed by atoms with Crippen molar-refractivity contribution >= 4 is 12.6 Å². The van der Waals surface area contributed by atoms with Gasteiger partial charge in [-0.3, -0.25) is 4.98 Å². The highest BCUT2D eigenvalue weighted by molar-refractivity contribution is 6.59. The quantitative estimate of drug-likeness (QED) is 0.603. The van der Waals surface area contributed by atoms with Crippen molar-refractivity contribution in [2.75, 3.05) is 0 Å². The van der Waals surface area contributed by atoms with Crippen LogP contribution in [0.25, 0.3) is 0 Å². The van der Waals surface area contributed by atoms with Gasteiger partial charge in [0.2, 0.25) is 0 Å². The molecule has 2 N–H and O–H groups in total. The van der Waals surface area contributed by atoms with Gasteiger partial charge >= 0.3 is 13.3 Å². The molecule has 0 amide bonds. The summed E-state index contributed by atoms with van der Waals surface area (Å²) in [5, 5.41) is 17.2. The van der Waals surface area contributed by atoms with Crippen molar-refractivity contribution in [3.8, 4) is 0 Å². The van der Waals surface area contributed by atoms with E-state index in [0.717, 1.165) is 12.3 Å². The molecule has 1 heterocycles. The van der Waals surface area contributed by atoms with Gasteiger partial charge in [0.1, 0.15) is 5.69 Å². The lowest BCUT2D eigenvalue weighted by Crippen LogP contribution is -2.36. The van der Waals surface area contributed by atoms with Crippen molar-refractivity contribution in [1.29, 1.82) is 0 Å². The molecule has 0 fully saturated rings. The monoisotopic (exact) mass is 191 g/mol. The lowest BCUT2D eigenvalue weighted by Gasteiger charge is -2.09.